The Kier molecular flexibility index (Phi) is 10.1. The van der Waals surface area contributed by atoms with Gasteiger partial charge in [-0.05, 0) is 12.8 Å². The number of rotatable bonds is 14. The van der Waals surface area contributed by atoms with E-state index in [4.69, 9.17) is 4.74 Å². The monoisotopic (exact) mass is 439 g/mol. The van der Waals surface area contributed by atoms with Crippen LogP contribution < -0.4 is 5.32 Å². The molecule has 0 radical (unpaired) electrons. The number of nitrogens with one attached hydrogen (secondary N) is 1. The maximum absolute atomic E-state index is 12.9. The minimum atomic E-state index is -3.73. The van der Waals surface area contributed by atoms with Crippen LogP contribution in [0.15, 0.2) is 21.9 Å². The first kappa shape index (κ1) is 24.6. The number of allylic oxidation sites excluding steroid dienone is 2. The first-order valence-electron chi connectivity index (χ1n) is 11.5. The fourth-order valence-corrected chi connectivity index (χ4v) is 5.62. The average molecular weight is 440 g/mol. The van der Waals surface area contributed by atoms with Crippen molar-refractivity contribution in [1.29, 1.82) is 0 Å². The van der Waals surface area contributed by atoms with Crippen LogP contribution in [0.25, 0.3) is 0 Å². The lowest BCUT2D eigenvalue weighted by atomic mass is 9.93. The van der Waals surface area contributed by atoms with E-state index in [1.807, 2.05) is 0 Å². The lowest BCUT2D eigenvalue weighted by molar-refractivity contribution is -0.119. The van der Waals surface area contributed by atoms with Gasteiger partial charge in [-0.3, -0.25) is 9.59 Å². The molecule has 170 valence electrons. The van der Waals surface area contributed by atoms with Crippen LogP contribution in [0.3, 0.4) is 0 Å². The van der Waals surface area contributed by atoms with Gasteiger partial charge in [0, 0.05) is 12.1 Å². The molecule has 2 rings (SSSR count). The van der Waals surface area contributed by atoms with Gasteiger partial charge in [-0.15, -0.1) is 0 Å². The molecule has 7 heteroatoms. The standard InChI is InChI=1S/C23H37NO5S/c1-3-4-5-6-7-8-9-10-11-12-13-14-15-18-20(25)23-19(21(26)22(18)29-2)24-16-17-30(23,27)28/h24H,3-17H2,1-2H3. The summed E-state index contributed by atoms with van der Waals surface area (Å²) in [6.07, 6.45) is 14.8. The summed E-state index contributed by atoms with van der Waals surface area (Å²) in [5.74, 6) is -1.27. The van der Waals surface area contributed by atoms with Gasteiger partial charge in [0.2, 0.25) is 11.6 Å². The molecule has 6 nitrogen and oxygen atoms in total. The molecular weight excluding hydrogens is 402 g/mol. The summed E-state index contributed by atoms with van der Waals surface area (Å²) in [7, 11) is -2.38. The maximum atomic E-state index is 12.9. The molecule has 1 heterocycles. The van der Waals surface area contributed by atoms with E-state index in [0.29, 0.717) is 6.42 Å². The van der Waals surface area contributed by atoms with Crippen molar-refractivity contribution in [2.45, 2.75) is 90.4 Å². The van der Waals surface area contributed by atoms with E-state index in [1.54, 1.807) is 0 Å². The summed E-state index contributed by atoms with van der Waals surface area (Å²) >= 11 is 0. The molecule has 0 aromatic carbocycles. The van der Waals surface area contributed by atoms with Crippen molar-refractivity contribution in [3.8, 4) is 0 Å². The Morgan fingerprint density at radius 2 is 1.37 bits per heavy atom. The van der Waals surface area contributed by atoms with Gasteiger partial charge in [0.05, 0.1) is 12.9 Å². The zero-order chi connectivity index (χ0) is 22.0. The van der Waals surface area contributed by atoms with Crippen LogP contribution in [0.1, 0.15) is 90.4 Å². The molecule has 1 N–H and O–H groups in total. The number of unbranched alkanes of at least 4 members (excludes halogenated alkanes) is 11. The summed E-state index contributed by atoms with van der Waals surface area (Å²) in [6.45, 7) is 2.36. The van der Waals surface area contributed by atoms with Crippen molar-refractivity contribution in [3.63, 3.8) is 0 Å². The minimum absolute atomic E-state index is 0.00794. The average Bonchev–Trinajstić information content (AvgIpc) is 2.71. The highest BCUT2D eigenvalue weighted by molar-refractivity contribution is 7.96. The number of ketones is 2. The van der Waals surface area contributed by atoms with Crippen LogP contribution in [0.5, 0.6) is 0 Å². The van der Waals surface area contributed by atoms with Crippen molar-refractivity contribution < 1.29 is 22.7 Å². The van der Waals surface area contributed by atoms with Crippen molar-refractivity contribution in [2.24, 2.45) is 0 Å². The van der Waals surface area contributed by atoms with Crippen LogP contribution in [0.4, 0.5) is 0 Å². The van der Waals surface area contributed by atoms with Crippen LogP contribution in [0, 0.1) is 0 Å². The summed E-state index contributed by atoms with van der Waals surface area (Å²) in [5, 5.41) is 2.77. The molecule has 0 saturated carbocycles. The van der Waals surface area contributed by atoms with Crippen LogP contribution >= 0.6 is 0 Å². The highest BCUT2D eigenvalue weighted by Crippen LogP contribution is 2.32. The minimum Gasteiger partial charge on any atom is -0.492 e. The molecule has 0 aromatic rings. The Labute approximate surface area is 181 Å². The molecule has 0 bridgehead atoms. The molecule has 0 atom stereocenters. The van der Waals surface area contributed by atoms with E-state index < -0.39 is 21.4 Å². The van der Waals surface area contributed by atoms with Gasteiger partial charge in [-0.1, -0.05) is 77.6 Å². The summed E-state index contributed by atoms with van der Waals surface area (Å²) in [6, 6.07) is 0. The summed E-state index contributed by atoms with van der Waals surface area (Å²) in [4.78, 5) is 25.1. The number of sulfone groups is 1. The first-order valence-corrected chi connectivity index (χ1v) is 13.2. The fraction of sp³-hybridized carbons (Fsp3) is 0.739. The van der Waals surface area contributed by atoms with Gasteiger partial charge in [0.15, 0.2) is 15.6 Å². The highest BCUT2D eigenvalue weighted by Gasteiger charge is 2.43. The third kappa shape index (κ3) is 6.43. The van der Waals surface area contributed by atoms with Crippen LogP contribution in [0.2, 0.25) is 0 Å². The molecule has 30 heavy (non-hydrogen) atoms. The van der Waals surface area contributed by atoms with Gasteiger partial charge >= 0.3 is 0 Å². The molecule has 0 spiro atoms. The Bertz CT molecular complexity index is 779. The number of ether oxygens (including phenoxy) is 1. The number of hydrogen-bond acceptors (Lipinski definition) is 6. The largest absolute Gasteiger partial charge is 0.492 e. The number of hydrogen-bond donors (Lipinski definition) is 1. The molecule has 2 aliphatic rings. The van der Waals surface area contributed by atoms with Crippen molar-refractivity contribution in [3.05, 3.63) is 21.9 Å². The Hall–Kier alpha value is -1.63. The van der Waals surface area contributed by atoms with Gasteiger partial charge < -0.3 is 10.1 Å². The predicted molar refractivity (Wildman–Crippen MR) is 119 cm³/mol. The van der Waals surface area contributed by atoms with E-state index in [1.165, 1.54) is 64.9 Å². The molecule has 0 aromatic heterocycles. The number of methoxy groups -OCH3 is 1. The third-order valence-electron chi connectivity index (χ3n) is 5.88. The maximum Gasteiger partial charge on any atom is 0.245 e. The zero-order valence-corrected chi connectivity index (χ0v) is 19.4. The van der Waals surface area contributed by atoms with Gasteiger partial charge in [-0.2, -0.15) is 0 Å². The summed E-state index contributed by atoms with van der Waals surface area (Å²) in [5.41, 5.74) is 0.0853. The van der Waals surface area contributed by atoms with Gasteiger partial charge in [0.1, 0.15) is 10.6 Å². The van der Waals surface area contributed by atoms with Gasteiger partial charge in [0.25, 0.3) is 0 Å². The van der Waals surface area contributed by atoms with Crippen LogP contribution in [-0.4, -0.2) is 39.4 Å². The number of carbonyl (C=O) groups excluding carboxylic acids is 2. The molecule has 1 aliphatic heterocycles. The second kappa shape index (κ2) is 12.3. The molecule has 0 amide bonds. The first-order chi connectivity index (χ1) is 14.4. The zero-order valence-electron chi connectivity index (χ0n) is 18.6. The number of carbonyl (C=O) groups is 2. The van der Waals surface area contributed by atoms with Gasteiger partial charge in [-0.25, -0.2) is 8.42 Å². The molecule has 0 unspecified atom stereocenters. The SMILES string of the molecule is CCCCCCCCCCCCCCC1=C(OC)C(=O)C2=C(C1=O)S(=O)(=O)CCN2. The third-order valence-corrected chi connectivity index (χ3v) is 7.64. The lowest BCUT2D eigenvalue weighted by Gasteiger charge is -2.26. The second-order valence-electron chi connectivity index (χ2n) is 8.26. The predicted octanol–water partition coefficient (Wildman–Crippen LogP) is 4.36. The number of Topliss-reactive ketones (excluding diaryl/α,β-unsaturated/α-hetero) is 2. The highest BCUT2D eigenvalue weighted by atomic mass is 32.2. The molecule has 0 fully saturated rings. The van der Waals surface area contributed by atoms with Crippen molar-refractivity contribution >= 4 is 21.4 Å². The Balaban J connectivity index is 1.75. The van der Waals surface area contributed by atoms with E-state index >= 15 is 0 Å². The van der Waals surface area contributed by atoms with E-state index in [2.05, 4.69) is 12.2 Å². The fourth-order valence-electron chi connectivity index (χ4n) is 4.16. The van der Waals surface area contributed by atoms with Crippen LogP contribution in [-0.2, 0) is 24.2 Å². The smallest absolute Gasteiger partial charge is 0.245 e. The molecular formula is C23H37NO5S. The van der Waals surface area contributed by atoms with Crippen molar-refractivity contribution in [1.82, 2.24) is 5.32 Å². The quantitative estimate of drug-likeness (QED) is 0.319. The summed E-state index contributed by atoms with van der Waals surface area (Å²) < 4.78 is 29.9. The molecule has 1 aliphatic carbocycles. The molecule has 0 saturated heterocycles. The Morgan fingerprint density at radius 1 is 0.833 bits per heavy atom. The topological polar surface area (TPSA) is 89.5 Å². The van der Waals surface area contributed by atoms with E-state index in [9.17, 15) is 18.0 Å². The van der Waals surface area contributed by atoms with E-state index in [-0.39, 0.29) is 34.2 Å². The van der Waals surface area contributed by atoms with E-state index in [0.717, 1.165) is 19.3 Å². The lowest BCUT2D eigenvalue weighted by Crippen LogP contribution is -2.41. The normalized spacial score (nSPS) is 18.5. The Morgan fingerprint density at radius 3 is 1.90 bits per heavy atom. The second-order valence-corrected chi connectivity index (χ2v) is 10.3. The van der Waals surface area contributed by atoms with Crippen molar-refractivity contribution in [2.75, 3.05) is 19.4 Å².